The molecule has 1 amide bonds. The van der Waals surface area contributed by atoms with E-state index in [9.17, 15) is 14.7 Å². The van der Waals surface area contributed by atoms with E-state index in [0.29, 0.717) is 22.6 Å². The summed E-state index contributed by atoms with van der Waals surface area (Å²) in [7, 11) is 6.87. The van der Waals surface area contributed by atoms with Crippen LogP contribution in [0, 0.1) is 0 Å². The van der Waals surface area contributed by atoms with Crippen LogP contribution in [0.3, 0.4) is 0 Å². The zero-order valence-corrected chi connectivity index (χ0v) is 20.1. The fraction of sp³-hybridized carbons (Fsp3) is 0.222. The Kier molecular flexibility index (Phi) is 6.73. The van der Waals surface area contributed by atoms with Gasteiger partial charge in [-0.2, -0.15) is 0 Å². The highest BCUT2D eigenvalue weighted by Crippen LogP contribution is 2.41. The molecular formula is C27H27N3O5. The normalized spacial score (nSPS) is 16.9. The van der Waals surface area contributed by atoms with Gasteiger partial charge in [-0.15, -0.1) is 0 Å². The number of rotatable bonds is 7. The minimum atomic E-state index is -0.771. The number of methoxy groups -OCH3 is 2. The Labute approximate surface area is 204 Å². The molecule has 2 heterocycles. The molecule has 1 aromatic heterocycles. The van der Waals surface area contributed by atoms with E-state index in [1.165, 1.54) is 19.1 Å². The highest BCUT2D eigenvalue weighted by molar-refractivity contribution is 6.46. The monoisotopic (exact) mass is 473 g/mol. The lowest BCUT2D eigenvalue weighted by Gasteiger charge is -2.26. The molecule has 1 atom stereocenters. The first-order valence-electron chi connectivity index (χ1n) is 11.0. The van der Waals surface area contributed by atoms with Gasteiger partial charge in [0.05, 0.1) is 25.8 Å². The van der Waals surface area contributed by atoms with E-state index in [1.807, 2.05) is 43.3 Å². The van der Waals surface area contributed by atoms with Crippen molar-refractivity contribution >= 4 is 23.1 Å². The van der Waals surface area contributed by atoms with Gasteiger partial charge in [0, 0.05) is 44.3 Å². The van der Waals surface area contributed by atoms with Crippen LogP contribution in [-0.4, -0.2) is 55.0 Å². The van der Waals surface area contributed by atoms with Gasteiger partial charge in [0.2, 0.25) is 0 Å². The Bertz CT molecular complexity index is 1270. The zero-order chi connectivity index (χ0) is 25.1. The number of aliphatic hydroxyl groups excluding tert-OH is 1. The molecule has 1 saturated heterocycles. The fourth-order valence-electron chi connectivity index (χ4n) is 4.17. The zero-order valence-electron chi connectivity index (χ0n) is 20.1. The van der Waals surface area contributed by atoms with E-state index in [-0.39, 0.29) is 17.9 Å². The number of aliphatic hydroxyl groups is 1. The molecule has 2 aromatic carbocycles. The van der Waals surface area contributed by atoms with Crippen molar-refractivity contribution in [1.82, 2.24) is 9.88 Å². The number of nitrogens with zero attached hydrogens (tertiary/aromatic N) is 3. The average molecular weight is 474 g/mol. The minimum Gasteiger partial charge on any atom is -0.507 e. The summed E-state index contributed by atoms with van der Waals surface area (Å²) in [5.41, 5.74) is 2.88. The Morgan fingerprint density at radius 1 is 0.971 bits per heavy atom. The molecule has 35 heavy (non-hydrogen) atoms. The lowest BCUT2D eigenvalue weighted by Crippen LogP contribution is -2.29. The first kappa shape index (κ1) is 23.8. The first-order valence-corrected chi connectivity index (χ1v) is 11.0. The average Bonchev–Trinajstić information content (AvgIpc) is 3.13. The summed E-state index contributed by atoms with van der Waals surface area (Å²) in [6.45, 7) is 0.190. The van der Waals surface area contributed by atoms with E-state index in [0.717, 1.165) is 11.3 Å². The van der Waals surface area contributed by atoms with Crippen LogP contribution in [0.5, 0.6) is 11.5 Å². The van der Waals surface area contributed by atoms with E-state index in [1.54, 1.807) is 42.7 Å². The van der Waals surface area contributed by atoms with Gasteiger partial charge in [0.15, 0.2) is 11.5 Å². The van der Waals surface area contributed by atoms with Gasteiger partial charge in [-0.05, 0) is 53.6 Å². The Balaban J connectivity index is 1.86. The molecule has 1 aliphatic heterocycles. The maximum Gasteiger partial charge on any atom is 0.295 e. The van der Waals surface area contributed by atoms with Crippen molar-refractivity contribution in [2.24, 2.45) is 0 Å². The number of carbonyl (C=O) groups is 2. The second-order valence-electron chi connectivity index (χ2n) is 8.34. The van der Waals surface area contributed by atoms with Crippen molar-refractivity contribution < 1.29 is 24.2 Å². The molecule has 4 rings (SSSR count). The van der Waals surface area contributed by atoms with Crippen LogP contribution in [0.2, 0.25) is 0 Å². The van der Waals surface area contributed by atoms with Crippen LogP contribution in [-0.2, 0) is 16.1 Å². The van der Waals surface area contributed by atoms with Crippen molar-refractivity contribution in [3.8, 4) is 11.5 Å². The van der Waals surface area contributed by atoms with Crippen molar-refractivity contribution in [1.29, 1.82) is 0 Å². The molecule has 3 aromatic rings. The second-order valence-corrected chi connectivity index (χ2v) is 8.34. The number of likely N-dealkylation sites (tertiary alicyclic amines) is 1. The number of pyridine rings is 1. The number of carbonyl (C=O) groups excluding carboxylic acids is 2. The van der Waals surface area contributed by atoms with Crippen molar-refractivity contribution in [2.45, 2.75) is 12.6 Å². The smallest absolute Gasteiger partial charge is 0.295 e. The molecule has 0 radical (unpaired) electrons. The molecule has 1 N–H and O–H groups in total. The molecule has 1 aliphatic rings. The van der Waals surface area contributed by atoms with Crippen molar-refractivity contribution in [3.63, 3.8) is 0 Å². The molecular weight excluding hydrogens is 446 g/mol. The summed E-state index contributed by atoms with van der Waals surface area (Å²) in [5.74, 6) is -0.811. The predicted octanol–water partition coefficient (Wildman–Crippen LogP) is 3.79. The van der Waals surface area contributed by atoms with Gasteiger partial charge in [-0.3, -0.25) is 14.6 Å². The summed E-state index contributed by atoms with van der Waals surface area (Å²) in [5, 5.41) is 11.3. The number of anilines is 1. The molecule has 8 heteroatoms. The fourth-order valence-corrected chi connectivity index (χ4v) is 4.17. The largest absolute Gasteiger partial charge is 0.507 e. The molecule has 0 aliphatic carbocycles. The third-order valence-electron chi connectivity index (χ3n) is 6.02. The first-order chi connectivity index (χ1) is 16.8. The van der Waals surface area contributed by atoms with Gasteiger partial charge in [0.25, 0.3) is 11.7 Å². The van der Waals surface area contributed by atoms with Crippen LogP contribution in [0.1, 0.15) is 22.7 Å². The third kappa shape index (κ3) is 4.55. The summed E-state index contributed by atoms with van der Waals surface area (Å²) in [6.07, 6.45) is 3.27. The predicted molar refractivity (Wildman–Crippen MR) is 132 cm³/mol. The van der Waals surface area contributed by atoms with Crippen LogP contribution in [0.15, 0.2) is 72.6 Å². The second kappa shape index (κ2) is 9.89. The van der Waals surface area contributed by atoms with Crippen LogP contribution < -0.4 is 14.4 Å². The number of ketones is 1. The summed E-state index contributed by atoms with van der Waals surface area (Å²) < 4.78 is 10.6. The van der Waals surface area contributed by atoms with Crippen LogP contribution >= 0.6 is 0 Å². The number of ether oxygens (including phenoxy) is 2. The van der Waals surface area contributed by atoms with E-state index in [4.69, 9.17) is 9.47 Å². The van der Waals surface area contributed by atoms with Gasteiger partial charge in [-0.25, -0.2) is 0 Å². The van der Waals surface area contributed by atoms with Gasteiger partial charge in [0.1, 0.15) is 5.76 Å². The minimum absolute atomic E-state index is 0.0221. The lowest BCUT2D eigenvalue weighted by molar-refractivity contribution is -0.140. The quantitative estimate of drug-likeness (QED) is 0.317. The number of Topliss-reactive ketones (excluding diaryl/α,β-unsaturated/α-hetero) is 1. The maximum atomic E-state index is 13.3. The van der Waals surface area contributed by atoms with E-state index >= 15 is 0 Å². The maximum absolute atomic E-state index is 13.3. The number of hydrogen-bond donors (Lipinski definition) is 1. The number of benzene rings is 2. The standard InChI is InChI=1S/C27H27N3O5/c1-29(2)20-8-5-18(6-9-20)24-23(25(31)19-7-10-21(34-3)22(15-19)35-4)26(32)27(33)30(24)16-17-11-13-28-14-12-17/h5-15,24,31H,16H2,1-4H3/t24-/m1/s1. The summed E-state index contributed by atoms with van der Waals surface area (Å²) in [4.78, 5) is 33.9. The van der Waals surface area contributed by atoms with Gasteiger partial charge in [-0.1, -0.05) is 12.1 Å². The molecule has 1 fully saturated rings. The molecule has 0 unspecified atom stereocenters. The number of amides is 1. The number of hydrogen-bond acceptors (Lipinski definition) is 7. The highest BCUT2D eigenvalue weighted by atomic mass is 16.5. The van der Waals surface area contributed by atoms with Gasteiger partial charge < -0.3 is 24.4 Å². The summed E-state index contributed by atoms with van der Waals surface area (Å²) >= 11 is 0. The van der Waals surface area contributed by atoms with Gasteiger partial charge >= 0.3 is 0 Å². The van der Waals surface area contributed by atoms with Crippen molar-refractivity contribution in [2.75, 3.05) is 33.2 Å². The Hall–Kier alpha value is -4.33. The third-order valence-corrected chi connectivity index (χ3v) is 6.02. The Morgan fingerprint density at radius 2 is 1.63 bits per heavy atom. The Morgan fingerprint density at radius 3 is 2.23 bits per heavy atom. The van der Waals surface area contributed by atoms with E-state index in [2.05, 4.69) is 4.98 Å². The topological polar surface area (TPSA) is 92.2 Å². The van der Waals surface area contributed by atoms with E-state index < -0.39 is 17.7 Å². The molecule has 0 spiro atoms. The molecule has 0 bridgehead atoms. The highest BCUT2D eigenvalue weighted by Gasteiger charge is 2.46. The lowest BCUT2D eigenvalue weighted by atomic mass is 9.94. The summed E-state index contributed by atoms with van der Waals surface area (Å²) in [6, 6.07) is 15.2. The number of aromatic nitrogens is 1. The molecule has 0 saturated carbocycles. The van der Waals surface area contributed by atoms with Crippen molar-refractivity contribution in [3.05, 3.63) is 89.3 Å². The van der Waals surface area contributed by atoms with Crippen LogP contribution in [0.4, 0.5) is 5.69 Å². The molecule has 8 nitrogen and oxygen atoms in total. The molecule has 180 valence electrons. The SMILES string of the molecule is COc1ccc(C(O)=C2C(=O)C(=O)N(Cc3ccncc3)[C@@H]2c2ccc(N(C)C)cc2)cc1OC. The van der Waals surface area contributed by atoms with Crippen LogP contribution in [0.25, 0.3) is 5.76 Å².